The second-order valence-electron chi connectivity index (χ2n) is 9.14. The van der Waals surface area contributed by atoms with Crippen molar-refractivity contribution in [3.8, 4) is 0 Å². The van der Waals surface area contributed by atoms with Crippen LogP contribution in [0.4, 0.5) is 0 Å². The van der Waals surface area contributed by atoms with Gasteiger partial charge in [0.25, 0.3) is 5.91 Å². The zero-order chi connectivity index (χ0) is 24.2. The first-order valence-electron chi connectivity index (χ1n) is 12.1. The number of aromatic nitrogens is 4. The molecule has 3 aromatic heterocycles. The Morgan fingerprint density at radius 2 is 2.03 bits per heavy atom. The van der Waals surface area contributed by atoms with Crippen molar-refractivity contribution in [2.75, 3.05) is 19.6 Å². The van der Waals surface area contributed by atoms with Crippen LogP contribution in [0.1, 0.15) is 57.5 Å². The molecule has 0 unspecified atom stereocenters. The number of nitrogens with one attached hydrogen (secondary N) is 3. The number of amides is 2. The minimum absolute atomic E-state index is 0.122. The van der Waals surface area contributed by atoms with E-state index in [0.29, 0.717) is 24.6 Å². The van der Waals surface area contributed by atoms with Crippen LogP contribution in [0, 0.1) is 6.92 Å². The number of likely N-dealkylation sites (tertiary alicyclic amines) is 1. The topological polar surface area (TPSA) is 107 Å². The Morgan fingerprint density at radius 1 is 1.20 bits per heavy atom. The first kappa shape index (κ1) is 23.3. The summed E-state index contributed by atoms with van der Waals surface area (Å²) in [6.07, 6.45) is 7.67. The molecule has 1 aromatic carbocycles. The maximum Gasteiger partial charge on any atom is 0.270 e. The van der Waals surface area contributed by atoms with Crippen molar-refractivity contribution in [1.82, 2.24) is 30.4 Å². The van der Waals surface area contributed by atoms with Crippen molar-refractivity contribution in [3.05, 3.63) is 69.6 Å². The van der Waals surface area contributed by atoms with E-state index >= 15 is 0 Å². The summed E-state index contributed by atoms with van der Waals surface area (Å²) in [7, 11) is 0. The third-order valence-electron chi connectivity index (χ3n) is 6.81. The van der Waals surface area contributed by atoms with E-state index in [-0.39, 0.29) is 11.8 Å². The van der Waals surface area contributed by atoms with Crippen molar-refractivity contribution < 1.29 is 9.59 Å². The predicted molar refractivity (Wildman–Crippen MR) is 137 cm³/mol. The van der Waals surface area contributed by atoms with Crippen molar-refractivity contribution in [3.63, 3.8) is 0 Å². The lowest BCUT2D eigenvalue weighted by Crippen LogP contribution is -2.38. The van der Waals surface area contributed by atoms with Crippen molar-refractivity contribution in [2.24, 2.45) is 0 Å². The summed E-state index contributed by atoms with van der Waals surface area (Å²) in [6.45, 7) is 4.05. The number of fused-ring (bicyclic) bond motifs is 1. The minimum Gasteiger partial charge on any atom is -0.361 e. The lowest BCUT2D eigenvalue weighted by molar-refractivity contribution is -0.131. The van der Waals surface area contributed by atoms with Crippen LogP contribution >= 0.6 is 11.3 Å². The van der Waals surface area contributed by atoms with Gasteiger partial charge in [0.15, 0.2) is 0 Å². The number of rotatable bonds is 8. The van der Waals surface area contributed by atoms with E-state index in [9.17, 15) is 9.59 Å². The van der Waals surface area contributed by atoms with E-state index < -0.39 is 0 Å². The first-order valence-corrected chi connectivity index (χ1v) is 13.0. The van der Waals surface area contributed by atoms with Crippen LogP contribution in [0.3, 0.4) is 0 Å². The molecule has 182 valence electrons. The number of nitrogens with zero attached hydrogens (tertiary/aromatic N) is 3. The average Bonchev–Trinajstić information content (AvgIpc) is 3.63. The van der Waals surface area contributed by atoms with Crippen LogP contribution in [-0.2, 0) is 17.6 Å². The smallest absolute Gasteiger partial charge is 0.270 e. The van der Waals surface area contributed by atoms with Crippen LogP contribution < -0.4 is 5.32 Å². The number of thiazole rings is 1. The number of para-hydroxylation sites is 1. The Bertz CT molecular complexity index is 1310. The Kier molecular flexibility index (Phi) is 6.94. The van der Waals surface area contributed by atoms with Gasteiger partial charge >= 0.3 is 0 Å². The van der Waals surface area contributed by atoms with E-state index in [1.807, 2.05) is 47.8 Å². The molecular weight excluding hydrogens is 460 g/mol. The summed E-state index contributed by atoms with van der Waals surface area (Å²) in [5, 5.41) is 13.9. The van der Waals surface area contributed by atoms with Crippen LogP contribution in [0.15, 0.2) is 42.0 Å². The van der Waals surface area contributed by atoms with Gasteiger partial charge in [-0.05, 0) is 49.8 Å². The highest BCUT2D eigenvalue weighted by molar-refractivity contribution is 7.09. The molecular formula is C26H30N6O2S. The van der Waals surface area contributed by atoms with Gasteiger partial charge in [-0.3, -0.25) is 14.7 Å². The summed E-state index contributed by atoms with van der Waals surface area (Å²) >= 11 is 1.55. The average molecular weight is 491 g/mol. The van der Waals surface area contributed by atoms with E-state index in [2.05, 4.69) is 31.5 Å². The number of hydrogen-bond donors (Lipinski definition) is 3. The number of carbonyl (C=O) groups is 2. The minimum atomic E-state index is -0.122. The quantitative estimate of drug-likeness (QED) is 0.325. The number of piperidine rings is 1. The van der Waals surface area contributed by atoms with Gasteiger partial charge in [-0.25, -0.2) is 4.98 Å². The molecule has 1 aliphatic rings. The van der Waals surface area contributed by atoms with E-state index in [1.54, 1.807) is 11.3 Å². The molecule has 2 amide bonds. The summed E-state index contributed by atoms with van der Waals surface area (Å²) in [4.78, 5) is 35.3. The SMILES string of the molecule is Cc1[nH]ncc1CCCNC(=O)c1csc(C2CCN(C(=O)Cc3c[nH]c4ccccc34)CC2)n1. The fourth-order valence-electron chi connectivity index (χ4n) is 4.71. The number of H-pyrrole nitrogens is 2. The van der Waals surface area contributed by atoms with Crippen molar-refractivity contribution in [2.45, 2.75) is 44.9 Å². The molecule has 0 atom stereocenters. The fraction of sp³-hybridized carbons (Fsp3) is 0.385. The molecule has 0 radical (unpaired) electrons. The van der Waals surface area contributed by atoms with Crippen LogP contribution in [0.5, 0.6) is 0 Å². The standard InChI is InChI=1S/C26H30N6O2S/c1-17-19(15-29-31-17)5-4-10-27-25(34)23-16-35-26(30-23)18-8-11-32(12-9-18)24(33)13-20-14-28-22-7-3-2-6-21(20)22/h2-3,6-7,14-16,18,28H,4-5,8-13H2,1H3,(H,27,34)(H,29,31). The lowest BCUT2D eigenvalue weighted by atomic mass is 9.97. The third-order valence-corrected chi connectivity index (χ3v) is 7.82. The van der Waals surface area contributed by atoms with E-state index in [0.717, 1.165) is 65.9 Å². The van der Waals surface area contributed by atoms with Crippen molar-refractivity contribution >= 4 is 34.1 Å². The maximum atomic E-state index is 12.9. The summed E-state index contributed by atoms with van der Waals surface area (Å²) in [5.41, 5.74) is 4.85. The molecule has 35 heavy (non-hydrogen) atoms. The fourth-order valence-corrected chi connectivity index (χ4v) is 5.68. The number of hydrogen-bond acceptors (Lipinski definition) is 5. The highest BCUT2D eigenvalue weighted by Crippen LogP contribution is 2.31. The highest BCUT2D eigenvalue weighted by atomic mass is 32.1. The number of carbonyl (C=O) groups excluding carboxylic acids is 2. The molecule has 4 heterocycles. The van der Waals surface area contributed by atoms with Crippen LogP contribution in [-0.4, -0.2) is 56.5 Å². The highest BCUT2D eigenvalue weighted by Gasteiger charge is 2.26. The predicted octanol–water partition coefficient (Wildman–Crippen LogP) is 3.97. The van der Waals surface area contributed by atoms with Gasteiger partial charge in [-0.15, -0.1) is 11.3 Å². The Labute approximate surface area is 208 Å². The van der Waals surface area contributed by atoms with Crippen LogP contribution in [0.25, 0.3) is 10.9 Å². The van der Waals surface area contributed by atoms with Gasteiger partial charge < -0.3 is 15.2 Å². The molecule has 1 saturated heterocycles. The third kappa shape index (κ3) is 5.30. The molecule has 0 spiro atoms. The molecule has 4 aromatic rings. The molecule has 5 rings (SSSR count). The molecule has 1 fully saturated rings. The van der Waals surface area contributed by atoms with Gasteiger partial charge in [-0.2, -0.15) is 5.10 Å². The summed E-state index contributed by atoms with van der Waals surface area (Å²) < 4.78 is 0. The molecule has 0 saturated carbocycles. The monoisotopic (exact) mass is 490 g/mol. The van der Waals surface area contributed by atoms with E-state index in [1.165, 1.54) is 5.56 Å². The first-order chi connectivity index (χ1) is 17.1. The second-order valence-corrected chi connectivity index (χ2v) is 10.0. The lowest BCUT2D eigenvalue weighted by Gasteiger charge is -2.31. The Hall–Kier alpha value is -3.46. The number of aromatic amines is 2. The van der Waals surface area contributed by atoms with Gasteiger partial charge in [0, 0.05) is 53.7 Å². The van der Waals surface area contributed by atoms with Crippen LogP contribution in [0.2, 0.25) is 0 Å². The Balaban J connectivity index is 1.08. The zero-order valence-corrected chi connectivity index (χ0v) is 20.7. The zero-order valence-electron chi connectivity index (χ0n) is 19.8. The van der Waals surface area contributed by atoms with Gasteiger partial charge in [0.2, 0.25) is 5.91 Å². The van der Waals surface area contributed by atoms with Gasteiger partial charge in [-0.1, -0.05) is 18.2 Å². The largest absolute Gasteiger partial charge is 0.361 e. The Morgan fingerprint density at radius 3 is 2.83 bits per heavy atom. The van der Waals surface area contributed by atoms with Gasteiger partial charge in [0.05, 0.1) is 17.6 Å². The molecule has 9 heteroatoms. The van der Waals surface area contributed by atoms with E-state index in [4.69, 9.17) is 0 Å². The molecule has 1 aliphatic heterocycles. The van der Waals surface area contributed by atoms with Gasteiger partial charge in [0.1, 0.15) is 5.69 Å². The molecule has 3 N–H and O–H groups in total. The summed E-state index contributed by atoms with van der Waals surface area (Å²) in [5.74, 6) is 0.337. The maximum absolute atomic E-state index is 12.9. The molecule has 8 nitrogen and oxygen atoms in total. The molecule has 0 aliphatic carbocycles. The normalized spacial score (nSPS) is 14.5. The molecule has 0 bridgehead atoms. The number of benzene rings is 1. The summed E-state index contributed by atoms with van der Waals surface area (Å²) in [6, 6.07) is 8.07. The second kappa shape index (κ2) is 10.4. The van der Waals surface area contributed by atoms with Crippen molar-refractivity contribution in [1.29, 1.82) is 0 Å². The number of aryl methyl sites for hydroxylation is 2.